The molecule has 8 heteroatoms. The average Bonchev–Trinajstić information content (AvgIpc) is 2.42. The van der Waals surface area contributed by atoms with Gasteiger partial charge in [0.2, 0.25) is 0 Å². The van der Waals surface area contributed by atoms with Crippen LogP contribution in [-0.2, 0) is 9.59 Å². The largest absolute Gasteiger partial charge is 0.477 e. The number of primary amides is 1. The number of carboxylic acid groups (broad SMARTS) is 1. The highest BCUT2D eigenvalue weighted by Gasteiger charge is 2.23. The van der Waals surface area contributed by atoms with Crippen molar-refractivity contribution in [2.24, 2.45) is 16.5 Å². The van der Waals surface area contributed by atoms with E-state index in [1.54, 1.807) is 0 Å². The molecular formula is C8H16IN4O3+. The molecule has 0 aliphatic rings. The van der Waals surface area contributed by atoms with Gasteiger partial charge in [0.15, 0.2) is 12.0 Å². The van der Waals surface area contributed by atoms with E-state index in [1.807, 2.05) is 0 Å². The van der Waals surface area contributed by atoms with Crippen molar-refractivity contribution in [2.45, 2.75) is 18.8 Å². The minimum Gasteiger partial charge on any atom is -0.477 e. The number of guanidine groups is 1. The number of carboxylic acids is 1. The lowest BCUT2D eigenvalue weighted by molar-refractivity contribution is -0.593. The first-order valence-electron chi connectivity index (χ1n) is 7.32. The van der Waals surface area contributed by atoms with E-state index in [2.05, 4.69) is 4.99 Å². The quantitative estimate of drug-likeness (QED) is 0.183. The summed E-state index contributed by atoms with van der Waals surface area (Å²) in [6.07, 6.45) is -6.83. The maximum atomic E-state index is 11.7. The molecule has 1 amide bonds. The second-order valence-electron chi connectivity index (χ2n) is 2.34. The maximum absolute atomic E-state index is 11.7. The Labute approximate surface area is 117 Å². The summed E-state index contributed by atoms with van der Waals surface area (Å²) in [7, 11) is 0. The molecule has 0 fully saturated rings. The van der Waals surface area contributed by atoms with Crippen LogP contribution in [0.25, 0.3) is 0 Å². The van der Waals surface area contributed by atoms with Crippen LogP contribution in [0, 0.1) is 0 Å². The summed E-state index contributed by atoms with van der Waals surface area (Å²) >= 11 is 1.42. The second-order valence-corrected chi connectivity index (χ2v) is 3.10. The Hall–Kier alpha value is -0.900. The topological polar surface area (TPSA) is 135 Å². The van der Waals surface area contributed by atoms with Gasteiger partial charge in [-0.25, -0.2) is 9.59 Å². The summed E-state index contributed by atoms with van der Waals surface area (Å²) in [5, 5.41) is 6.49. The lowest BCUT2D eigenvalue weighted by Crippen LogP contribution is -2.95. The Morgan fingerprint density at radius 2 is 2.31 bits per heavy atom. The van der Waals surface area contributed by atoms with Crippen molar-refractivity contribution in [1.82, 2.24) is 0 Å². The van der Waals surface area contributed by atoms with Crippen LogP contribution in [0.1, 0.15) is 19.6 Å². The molecular weight excluding hydrogens is 327 g/mol. The Morgan fingerprint density at radius 1 is 1.69 bits per heavy atom. The summed E-state index contributed by atoms with van der Waals surface area (Å²) in [6, 6.07) is -3.82. The minimum atomic E-state index is -3.82. The molecule has 16 heavy (non-hydrogen) atoms. The van der Waals surface area contributed by atoms with Gasteiger partial charge in [0.25, 0.3) is 0 Å². The molecule has 0 saturated heterocycles. The number of alkyl halides is 1. The summed E-state index contributed by atoms with van der Waals surface area (Å²) in [5.74, 6) is -4.36. The van der Waals surface area contributed by atoms with Crippen molar-refractivity contribution in [3.63, 3.8) is 0 Å². The number of aliphatic imine (C=N–C) groups is 1. The maximum Gasteiger partial charge on any atom is 0.362 e. The molecule has 7 nitrogen and oxygen atoms in total. The van der Waals surface area contributed by atoms with Crippen molar-refractivity contribution in [3.05, 3.63) is 0 Å². The van der Waals surface area contributed by atoms with E-state index < -0.39 is 52.9 Å². The molecule has 0 saturated carbocycles. The predicted octanol–water partition coefficient (Wildman–Crippen LogP) is -1.98. The number of aliphatic carboxylic acids is 1. The van der Waals surface area contributed by atoms with Crippen molar-refractivity contribution in [2.75, 3.05) is 11.0 Å². The van der Waals surface area contributed by atoms with Crippen LogP contribution in [0.15, 0.2) is 4.99 Å². The van der Waals surface area contributed by atoms with Crippen LogP contribution in [0.4, 0.5) is 0 Å². The third kappa shape index (κ3) is 7.40. The van der Waals surface area contributed by atoms with Crippen LogP contribution >= 0.6 is 22.6 Å². The zero-order valence-corrected chi connectivity index (χ0v) is 10.3. The monoisotopic (exact) mass is 350 g/mol. The number of carbonyl (C=O) groups is 2. The summed E-state index contributed by atoms with van der Waals surface area (Å²) < 4.78 is 53.2. The number of halogens is 1. The summed E-state index contributed by atoms with van der Waals surface area (Å²) in [6.45, 7) is -1.06. The van der Waals surface area contributed by atoms with Gasteiger partial charge in [0, 0.05) is 18.4 Å². The van der Waals surface area contributed by atoms with Crippen molar-refractivity contribution in [3.8, 4) is 0 Å². The van der Waals surface area contributed by atoms with Gasteiger partial charge in [-0.15, -0.1) is 0 Å². The van der Waals surface area contributed by atoms with Crippen LogP contribution < -0.4 is 16.8 Å². The van der Waals surface area contributed by atoms with E-state index in [4.69, 9.17) is 21.1 Å². The summed E-state index contributed by atoms with van der Waals surface area (Å²) in [4.78, 5) is 26.4. The van der Waals surface area contributed by atoms with Gasteiger partial charge in [-0.05, 0) is 6.37 Å². The Bertz CT molecular complexity index is 526. The van der Waals surface area contributed by atoms with E-state index in [0.29, 0.717) is 0 Å². The fourth-order valence-electron chi connectivity index (χ4n) is 0.538. The number of hydrogen-bond acceptors (Lipinski definition) is 3. The molecule has 0 aliphatic carbocycles. The van der Waals surface area contributed by atoms with Crippen molar-refractivity contribution >= 4 is 40.4 Å². The van der Waals surface area contributed by atoms with Crippen LogP contribution in [-0.4, -0.2) is 39.9 Å². The Balaban J connectivity index is 6.27. The fourth-order valence-corrected chi connectivity index (χ4v) is 0.708. The molecule has 0 aromatic heterocycles. The average molecular weight is 350 g/mol. The molecule has 0 aromatic rings. The van der Waals surface area contributed by atoms with Gasteiger partial charge in [-0.3, -0.25) is 10.3 Å². The number of carbonyl (C=O) groups excluding carboxylic acids is 1. The van der Waals surface area contributed by atoms with E-state index in [0.717, 1.165) is 0 Å². The van der Waals surface area contributed by atoms with E-state index in [9.17, 15) is 14.7 Å². The molecule has 1 atom stereocenters. The fraction of sp³-hybridized carbons (Fsp3) is 0.625. The predicted molar refractivity (Wildman–Crippen MR) is 67.2 cm³/mol. The lowest BCUT2D eigenvalue weighted by Gasteiger charge is -2.07. The van der Waals surface area contributed by atoms with E-state index in [1.165, 1.54) is 22.6 Å². The molecule has 0 radical (unpaired) electrons. The molecule has 0 aliphatic heterocycles. The highest BCUT2D eigenvalue weighted by Crippen LogP contribution is 1.94. The highest BCUT2D eigenvalue weighted by molar-refractivity contribution is 14.1. The van der Waals surface area contributed by atoms with E-state index >= 15 is 0 Å². The van der Waals surface area contributed by atoms with Gasteiger partial charge in [-0.1, -0.05) is 22.6 Å². The lowest BCUT2D eigenvalue weighted by atomic mass is 10.1. The standard InChI is InChI=1S/C8H15IN4O3/c9-4-6(14)13-5(7(15)16)2-1-3-12-8(10)11/h5H,1-4H2,(H,13,14)(H,15,16)(H4,10,11,12)/p+1/t5-/m0/s1/i1D2,2D2,5D/hD2. The third-order valence-corrected chi connectivity index (χ3v) is 1.75. The molecule has 0 spiro atoms. The molecule has 0 bridgehead atoms. The second kappa shape index (κ2) is 8.28. The smallest absolute Gasteiger partial charge is 0.362 e. The van der Waals surface area contributed by atoms with Gasteiger partial charge in [0.05, 0.1) is 0 Å². The van der Waals surface area contributed by atoms with E-state index in [-0.39, 0.29) is 0 Å². The van der Waals surface area contributed by atoms with Crippen LogP contribution in [0.3, 0.4) is 0 Å². The van der Waals surface area contributed by atoms with Crippen molar-refractivity contribution < 1.29 is 29.7 Å². The molecule has 0 aromatic carbocycles. The number of rotatable bonds is 7. The number of quaternary nitrogens is 1. The summed E-state index contributed by atoms with van der Waals surface area (Å²) in [5.41, 5.74) is 10.0. The highest BCUT2D eigenvalue weighted by atomic mass is 127. The van der Waals surface area contributed by atoms with Crippen molar-refractivity contribution in [1.29, 1.82) is 0 Å². The first-order chi connectivity index (χ1) is 10.1. The zero-order chi connectivity index (χ0) is 18.9. The molecule has 0 unspecified atom stereocenters. The van der Waals surface area contributed by atoms with Gasteiger partial charge in [0.1, 0.15) is 5.80 Å². The normalized spacial score (nSPS) is 22.9. The van der Waals surface area contributed by atoms with Gasteiger partial charge in [-0.2, -0.15) is 0 Å². The number of nitrogens with two attached hydrogens (primary N) is 3. The zero-order valence-electron chi connectivity index (χ0n) is 15.1. The minimum absolute atomic E-state index is 0.550. The number of hydrogen-bond donors (Lipinski definition) is 4. The molecule has 0 rings (SSSR count). The number of nitrogens with zero attached hydrogens (tertiary/aromatic N) is 1. The van der Waals surface area contributed by atoms with Crippen LogP contribution in [0.5, 0.6) is 0 Å². The molecule has 7 N–H and O–H groups in total. The van der Waals surface area contributed by atoms with Gasteiger partial charge < -0.3 is 16.6 Å². The SMILES string of the molecule is [2H]C([2H])(CN=C(N)N)C([2H])([2H])[C@@]([2H])(C(=O)O)[N+]([2H])([2H])C(=O)CI. The first kappa shape index (κ1) is 6.74. The van der Waals surface area contributed by atoms with Gasteiger partial charge >= 0.3 is 14.7 Å². The molecule has 0 heterocycles. The number of amides is 1. The Kier molecular flexibility index (Phi) is 3.49. The van der Waals surface area contributed by atoms with Crippen LogP contribution in [0.2, 0.25) is 2.82 Å². The Morgan fingerprint density at radius 3 is 2.75 bits per heavy atom. The third-order valence-electron chi connectivity index (χ3n) is 1.10. The molecule has 92 valence electrons. The first-order valence-corrected chi connectivity index (χ1v) is 5.45.